The third-order valence-corrected chi connectivity index (χ3v) is 4.13. The summed E-state index contributed by atoms with van der Waals surface area (Å²) in [6.07, 6.45) is 0.916. The molecule has 0 atom stereocenters. The van der Waals surface area contributed by atoms with Crippen LogP contribution in [0.25, 0.3) is 0 Å². The van der Waals surface area contributed by atoms with E-state index in [9.17, 15) is 4.79 Å². The highest BCUT2D eigenvalue weighted by molar-refractivity contribution is 14.0. The minimum absolute atomic E-state index is 0. The lowest BCUT2D eigenvalue weighted by molar-refractivity contribution is 0.0953. The van der Waals surface area contributed by atoms with Crippen LogP contribution in [0.15, 0.2) is 53.5 Å². The Labute approximate surface area is 190 Å². The van der Waals surface area contributed by atoms with Crippen LogP contribution in [-0.2, 0) is 13.1 Å². The predicted molar refractivity (Wildman–Crippen MR) is 129 cm³/mol. The summed E-state index contributed by atoms with van der Waals surface area (Å²) in [5.74, 6) is 1.51. The summed E-state index contributed by atoms with van der Waals surface area (Å²) < 4.78 is 5.39. The molecule has 0 saturated carbocycles. The van der Waals surface area contributed by atoms with Gasteiger partial charge in [-0.15, -0.1) is 24.0 Å². The number of carbonyl (C=O) groups is 1. The summed E-state index contributed by atoms with van der Waals surface area (Å²) in [4.78, 5) is 16.8. The van der Waals surface area contributed by atoms with Crippen molar-refractivity contribution in [1.29, 1.82) is 0 Å². The summed E-state index contributed by atoms with van der Waals surface area (Å²) in [6, 6.07) is 15.5. The van der Waals surface area contributed by atoms with Gasteiger partial charge in [0.15, 0.2) is 5.96 Å². The largest absolute Gasteiger partial charge is 0.496 e. The minimum Gasteiger partial charge on any atom is -0.496 e. The van der Waals surface area contributed by atoms with Crippen LogP contribution >= 0.6 is 24.0 Å². The first kappa shape index (κ1) is 24.7. The highest BCUT2D eigenvalue weighted by Crippen LogP contribution is 2.16. The van der Waals surface area contributed by atoms with Gasteiger partial charge in [-0.3, -0.25) is 4.79 Å². The summed E-state index contributed by atoms with van der Waals surface area (Å²) in [7, 11) is 1.67. The molecule has 0 aromatic heterocycles. The van der Waals surface area contributed by atoms with Crippen LogP contribution in [0.1, 0.15) is 41.8 Å². The van der Waals surface area contributed by atoms with E-state index in [1.54, 1.807) is 7.11 Å². The first-order chi connectivity index (χ1) is 13.7. The van der Waals surface area contributed by atoms with Gasteiger partial charge < -0.3 is 20.7 Å². The highest BCUT2D eigenvalue weighted by atomic mass is 127. The summed E-state index contributed by atoms with van der Waals surface area (Å²) in [5, 5.41) is 9.47. The maximum atomic E-state index is 12.1. The number of aliphatic imine (C=N–C) groups is 1. The van der Waals surface area contributed by atoms with Gasteiger partial charge in [0.25, 0.3) is 5.91 Å². The Morgan fingerprint density at radius 1 is 1.03 bits per heavy atom. The Morgan fingerprint density at radius 3 is 2.55 bits per heavy atom. The zero-order chi connectivity index (χ0) is 20.2. The number of benzene rings is 2. The zero-order valence-corrected chi connectivity index (χ0v) is 19.7. The Balaban J connectivity index is 0.00000420. The maximum absolute atomic E-state index is 12.1. The smallest absolute Gasteiger partial charge is 0.251 e. The molecule has 6 nitrogen and oxygen atoms in total. The van der Waals surface area contributed by atoms with Gasteiger partial charge in [-0.2, -0.15) is 0 Å². The normalized spacial score (nSPS) is 10.7. The number of carbonyl (C=O) groups excluding carboxylic acids is 1. The molecule has 0 fully saturated rings. The molecular formula is C22H31IN4O2. The molecule has 0 spiro atoms. The molecule has 0 bridgehead atoms. The van der Waals surface area contributed by atoms with Crippen molar-refractivity contribution in [1.82, 2.24) is 16.0 Å². The van der Waals surface area contributed by atoms with Gasteiger partial charge in [-0.05, 0) is 37.1 Å². The molecule has 158 valence electrons. The lowest BCUT2D eigenvalue weighted by Gasteiger charge is -2.13. The minimum atomic E-state index is -0.0473. The SMILES string of the molecule is CCCNC(=O)c1cccc(CN=C(NCC)NCc2ccccc2OC)c1.I. The van der Waals surface area contributed by atoms with Gasteiger partial charge in [0, 0.05) is 30.8 Å². The Bertz CT molecular complexity index is 796. The van der Waals surface area contributed by atoms with E-state index in [1.807, 2.05) is 62.4 Å². The molecule has 2 rings (SSSR count). The standard InChI is InChI=1S/C22H30N4O2.HI/c1-4-13-24-21(27)18-11-8-9-17(14-18)15-25-22(23-5-2)26-16-19-10-6-7-12-20(19)28-3;/h6-12,14H,4-5,13,15-16H2,1-3H3,(H,24,27)(H2,23,25,26);1H. The quantitative estimate of drug-likeness (QED) is 0.273. The molecule has 0 heterocycles. The number of hydrogen-bond acceptors (Lipinski definition) is 3. The number of ether oxygens (including phenoxy) is 1. The summed E-state index contributed by atoms with van der Waals surface area (Å²) in [5.41, 5.74) is 2.71. The highest BCUT2D eigenvalue weighted by Gasteiger charge is 2.06. The molecule has 0 unspecified atom stereocenters. The summed E-state index contributed by atoms with van der Waals surface area (Å²) in [6.45, 7) is 6.59. The van der Waals surface area contributed by atoms with Crippen LogP contribution in [-0.4, -0.2) is 32.1 Å². The number of rotatable bonds is 9. The van der Waals surface area contributed by atoms with E-state index in [-0.39, 0.29) is 29.9 Å². The number of para-hydroxylation sites is 1. The first-order valence-electron chi connectivity index (χ1n) is 9.69. The number of nitrogens with one attached hydrogen (secondary N) is 3. The maximum Gasteiger partial charge on any atom is 0.251 e. The van der Waals surface area contributed by atoms with Crippen molar-refractivity contribution in [3.05, 3.63) is 65.2 Å². The molecule has 7 heteroatoms. The zero-order valence-electron chi connectivity index (χ0n) is 17.3. The van der Waals surface area contributed by atoms with Crippen molar-refractivity contribution in [2.45, 2.75) is 33.4 Å². The van der Waals surface area contributed by atoms with Crippen molar-refractivity contribution in [3.63, 3.8) is 0 Å². The molecule has 0 aliphatic rings. The molecule has 0 aliphatic carbocycles. The van der Waals surface area contributed by atoms with Gasteiger partial charge >= 0.3 is 0 Å². The average molecular weight is 510 g/mol. The van der Waals surface area contributed by atoms with E-state index in [0.717, 1.165) is 29.8 Å². The molecule has 0 radical (unpaired) electrons. The van der Waals surface area contributed by atoms with Crippen LogP contribution in [0, 0.1) is 0 Å². The van der Waals surface area contributed by atoms with E-state index < -0.39 is 0 Å². The Morgan fingerprint density at radius 2 is 1.83 bits per heavy atom. The van der Waals surface area contributed by atoms with E-state index in [0.29, 0.717) is 31.2 Å². The molecular weight excluding hydrogens is 479 g/mol. The van der Waals surface area contributed by atoms with E-state index >= 15 is 0 Å². The van der Waals surface area contributed by atoms with Crippen molar-refractivity contribution in [2.75, 3.05) is 20.2 Å². The number of amides is 1. The predicted octanol–water partition coefficient (Wildman–Crippen LogP) is 3.71. The fourth-order valence-electron chi connectivity index (χ4n) is 2.69. The third-order valence-electron chi connectivity index (χ3n) is 4.13. The first-order valence-corrected chi connectivity index (χ1v) is 9.69. The summed E-state index contributed by atoms with van der Waals surface area (Å²) >= 11 is 0. The van der Waals surface area contributed by atoms with E-state index in [4.69, 9.17) is 4.74 Å². The van der Waals surface area contributed by atoms with Crippen LogP contribution in [0.3, 0.4) is 0 Å². The second-order valence-corrected chi connectivity index (χ2v) is 6.32. The van der Waals surface area contributed by atoms with Gasteiger partial charge in [0.2, 0.25) is 0 Å². The molecule has 0 saturated heterocycles. The lowest BCUT2D eigenvalue weighted by Crippen LogP contribution is -2.36. The molecule has 2 aromatic rings. The molecule has 0 aliphatic heterocycles. The lowest BCUT2D eigenvalue weighted by atomic mass is 10.1. The van der Waals surface area contributed by atoms with Crippen LogP contribution in [0.2, 0.25) is 0 Å². The monoisotopic (exact) mass is 510 g/mol. The number of hydrogen-bond donors (Lipinski definition) is 3. The van der Waals surface area contributed by atoms with Crippen molar-refractivity contribution < 1.29 is 9.53 Å². The number of halogens is 1. The van der Waals surface area contributed by atoms with Crippen molar-refractivity contribution in [3.8, 4) is 5.75 Å². The third kappa shape index (κ3) is 8.31. The number of methoxy groups -OCH3 is 1. The van der Waals surface area contributed by atoms with E-state index in [2.05, 4.69) is 20.9 Å². The van der Waals surface area contributed by atoms with Crippen LogP contribution in [0.5, 0.6) is 5.75 Å². The average Bonchev–Trinajstić information content (AvgIpc) is 2.74. The second-order valence-electron chi connectivity index (χ2n) is 6.32. The Hall–Kier alpha value is -2.29. The van der Waals surface area contributed by atoms with Gasteiger partial charge in [-0.25, -0.2) is 4.99 Å². The molecule has 3 N–H and O–H groups in total. The number of guanidine groups is 1. The topological polar surface area (TPSA) is 74.8 Å². The van der Waals surface area contributed by atoms with Gasteiger partial charge in [0.1, 0.15) is 5.75 Å². The fourth-order valence-corrected chi connectivity index (χ4v) is 2.69. The van der Waals surface area contributed by atoms with Crippen molar-refractivity contribution in [2.24, 2.45) is 4.99 Å². The van der Waals surface area contributed by atoms with Crippen molar-refractivity contribution >= 4 is 35.8 Å². The van der Waals surface area contributed by atoms with Crippen LogP contribution < -0.4 is 20.7 Å². The second kappa shape index (κ2) is 13.8. The Kier molecular flexibility index (Phi) is 11.8. The van der Waals surface area contributed by atoms with Gasteiger partial charge in [0.05, 0.1) is 13.7 Å². The van der Waals surface area contributed by atoms with Gasteiger partial charge in [-0.1, -0.05) is 37.3 Å². The molecule has 29 heavy (non-hydrogen) atoms. The molecule has 2 aromatic carbocycles. The number of nitrogens with zero attached hydrogens (tertiary/aromatic N) is 1. The fraction of sp³-hybridized carbons (Fsp3) is 0.364. The molecule has 1 amide bonds. The van der Waals surface area contributed by atoms with E-state index in [1.165, 1.54) is 0 Å². The van der Waals surface area contributed by atoms with Crippen LogP contribution in [0.4, 0.5) is 0 Å².